The van der Waals surface area contributed by atoms with Gasteiger partial charge in [0.15, 0.2) is 0 Å². The van der Waals surface area contributed by atoms with Crippen molar-refractivity contribution in [3.8, 4) is 0 Å². The summed E-state index contributed by atoms with van der Waals surface area (Å²) >= 11 is 4.75. The molecule has 1 aliphatic carbocycles. The molecule has 3 N–H and O–H groups in total. The lowest BCUT2D eigenvalue weighted by molar-refractivity contribution is 0.0954. The highest BCUT2D eigenvalue weighted by Crippen LogP contribution is 2.31. The van der Waals surface area contributed by atoms with E-state index in [2.05, 4.69) is 21.2 Å². The average molecular weight is 326 g/mol. The number of rotatable bonds is 4. The van der Waals surface area contributed by atoms with Gasteiger partial charge in [-0.1, -0.05) is 0 Å². The van der Waals surface area contributed by atoms with E-state index in [1.165, 1.54) is 24.2 Å². The molecule has 1 aromatic heterocycles. The molecule has 0 aromatic carbocycles. The summed E-state index contributed by atoms with van der Waals surface area (Å²) in [6, 6.07) is 1.94. The number of amides is 1. The van der Waals surface area contributed by atoms with E-state index in [-0.39, 0.29) is 24.4 Å². The molecule has 1 unspecified atom stereocenters. The van der Waals surface area contributed by atoms with Gasteiger partial charge in [-0.05, 0) is 40.8 Å². The molecule has 0 aliphatic heterocycles. The zero-order valence-corrected chi connectivity index (χ0v) is 11.8. The average Bonchev–Trinajstić information content (AvgIpc) is 2.97. The largest absolute Gasteiger partial charge is 0.350 e. The van der Waals surface area contributed by atoms with Gasteiger partial charge in [0, 0.05) is 22.4 Å². The summed E-state index contributed by atoms with van der Waals surface area (Å²) in [5.74, 6) is 0.599. The van der Waals surface area contributed by atoms with Crippen molar-refractivity contribution in [2.75, 3.05) is 6.54 Å². The molecule has 6 heteroatoms. The molecular formula is C10H14BrClN2OS. The Bertz CT molecular complexity index is 367. The molecule has 0 spiro atoms. The van der Waals surface area contributed by atoms with Gasteiger partial charge in [0.05, 0.1) is 4.88 Å². The van der Waals surface area contributed by atoms with Crippen molar-refractivity contribution >= 4 is 45.6 Å². The summed E-state index contributed by atoms with van der Waals surface area (Å²) in [6.45, 7) is 0.582. The lowest BCUT2D eigenvalue weighted by Crippen LogP contribution is -2.38. The Hall–Kier alpha value is -0.100. The molecule has 0 bridgehead atoms. The molecular weight excluding hydrogens is 312 g/mol. The normalized spacial score (nSPS) is 16.4. The predicted octanol–water partition coefficient (Wildman–Crippen LogP) is 2.40. The Kier molecular flexibility index (Phi) is 5.24. The van der Waals surface area contributed by atoms with Crippen molar-refractivity contribution in [3.05, 3.63) is 20.8 Å². The van der Waals surface area contributed by atoms with E-state index < -0.39 is 0 Å². The monoisotopic (exact) mass is 324 g/mol. The molecule has 1 aromatic rings. The van der Waals surface area contributed by atoms with Crippen LogP contribution >= 0.6 is 39.7 Å². The standard InChI is InChI=1S/C10H13BrN2OS.ClH/c11-7-3-9(15-5-7)10(14)13-4-8(12)6-1-2-6;/h3,5-6,8H,1-2,4,12H2,(H,13,14);1H. The van der Waals surface area contributed by atoms with Crippen molar-refractivity contribution < 1.29 is 4.79 Å². The van der Waals surface area contributed by atoms with Crippen LogP contribution < -0.4 is 11.1 Å². The van der Waals surface area contributed by atoms with Crippen molar-refractivity contribution in [1.29, 1.82) is 0 Å². The van der Waals surface area contributed by atoms with Gasteiger partial charge in [0.25, 0.3) is 5.91 Å². The maximum absolute atomic E-state index is 11.6. The molecule has 16 heavy (non-hydrogen) atoms. The maximum Gasteiger partial charge on any atom is 0.261 e. The van der Waals surface area contributed by atoms with Crippen LogP contribution in [0.1, 0.15) is 22.5 Å². The van der Waals surface area contributed by atoms with Crippen molar-refractivity contribution in [2.45, 2.75) is 18.9 Å². The minimum Gasteiger partial charge on any atom is -0.350 e. The SMILES string of the molecule is Cl.NC(CNC(=O)c1cc(Br)cs1)C1CC1. The third kappa shape index (κ3) is 3.73. The second-order valence-electron chi connectivity index (χ2n) is 3.84. The number of nitrogens with one attached hydrogen (secondary N) is 1. The smallest absolute Gasteiger partial charge is 0.261 e. The van der Waals surface area contributed by atoms with Gasteiger partial charge in [-0.2, -0.15) is 0 Å². The number of thiophene rings is 1. The van der Waals surface area contributed by atoms with E-state index in [9.17, 15) is 4.79 Å². The minimum atomic E-state index is -0.0261. The van der Waals surface area contributed by atoms with Crippen LogP contribution in [0.25, 0.3) is 0 Å². The van der Waals surface area contributed by atoms with Crippen LogP contribution in [0.15, 0.2) is 15.9 Å². The van der Waals surface area contributed by atoms with Gasteiger partial charge < -0.3 is 11.1 Å². The highest BCUT2D eigenvalue weighted by Gasteiger charge is 2.28. The molecule has 1 saturated carbocycles. The van der Waals surface area contributed by atoms with Gasteiger partial charge in [0.1, 0.15) is 0 Å². The molecule has 1 amide bonds. The van der Waals surface area contributed by atoms with E-state index in [0.717, 1.165) is 9.35 Å². The molecule has 1 fully saturated rings. The molecule has 0 saturated heterocycles. The van der Waals surface area contributed by atoms with Gasteiger partial charge in [0.2, 0.25) is 0 Å². The summed E-state index contributed by atoms with van der Waals surface area (Å²) in [5, 5.41) is 4.76. The molecule has 1 atom stereocenters. The van der Waals surface area contributed by atoms with Gasteiger partial charge in [-0.25, -0.2) is 0 Å². The van der Waals surface area contributed by atoms with E-state index in [0.29, 0.717) is 12.5 Å². The number of hydrogen-bond acceptors (Lipinski definition) is 3. The Balaban J connectivity index is 0.00000128. The van der Waals surface area contributed by atoms with Crippen LogP contribution in [0, 0.1) is 5.92 Å². The zero-order chi connectivity index (χ0) is 10.8. The van der Waals surface area contributed by atoms with Crippen LogP contribution in [-0.2, 0) is 0 Å². The molecule has 1 aliphatic rings. The first-order valence-electron chi connectivity index (χ1n) is 4.94. The van der Waals surface area contributed by atoms with Crippen LogP contribution in [0.2, 0.25) is 0 Å². The number of nitrogens with two attached hydrogens (primary N) is 1. The Labute approximate surface area is 113 Å². The van der Waals surface area contributed by atoms with E-state index in [1.54, 1.807) is 0 Å². The molecule has 90 valence electrons. The third-order valence-corrected chi connectivity index (χ3v) is 4.21. The first kappa shape index (κ1) is 14.0. The van der Waals surface area contributed by atoms with Crippen molar-refractivity contribution in [1.82, 2.24) is 5.32 Å². The number of carbonyl (C=O) groups excluding carboxylic acids is 1. The van der Waals surface area contributed by atoms with Crippen molar-refractivity contribution in [2.24, 2.45) is 11.7 Å². The van der Waals surface area contributed by atoms with Crippen molar-refractivity contribution in [3.63, 3.8) is 0 Å². The van der Waals surface area contributed by atoms with Gasteiger partial charge in [-0.3, -0.25) is 4.79 Å². The maximum atomic E-state index is 11.6. The molecule has 1 heterocycles. The summed E-state index contributed by atoms with van der Waals surface area (Å²) in [6.07, 6.45) is 2.42. The number of carbonyl (C=O) groups is 1. The molecule has 3 nitrogen and oxygen atoms in total. The van der Waals surface area contributed by atoms with E-state index in [1.807, 2.05) is 11.4 Å². The zero-order valence-electron chi connectivity index (χ0n) is 8.61. The second kappa shape index (κ2) is 6.00. The fraction of sp³-hybridized carbons (Fsp3) is 0.500. The highest BCUT2D eigenvalue weighted by molar-refractivity contribution is 9.10. The fourth-order valence-corrected chi connectivity index (χ4v) is 2.76. The topological polar surface area (TPSA) is 55.1 Å². The quantitative estimate of drug-likeness (QED) is 0.893. The lowest BCUT2D eigenvalue weighted by atomic mass is 10.2. The van der Waals surface area contributed by atoms with Crippen LogP contribution in [0.5, 0.6) is 0 Å². The van der Waals surface area contributed by atoms with Gasteiger partial charge >= 0.3 is 0 Å². The second-order valence-corrected chi connectivity index (χ2v) is 5.67. The summed E-state index contributed by atoms with van der Waals surface area (Å²) in [5.41, 5.74) is 5.89. The van der Waals surface area contributed by atoms with Crippen LogP contribution in [0.4, 0.5) is 0 Å². The van der Waals surface area contributed by atoms with Crippen LogP contribution in [0.3, 0.4) is 0 Å². The summed E-state index contributed by atoms with van der Waals surface area (Å²) in [4.78, 5) is 12.4. The number of halogens is 2. The fourth-order valence-electron chi connectivity index (χ4n) is 1.42. The highest BCUT2D eigenvalue weighted by atomic mass is 79.9. The summed E-state index contributed by atoms with van der Waals surface area (Å²) in [7, 11) is 0. The Morgan fingerprint density at radius 1 is 1.69 bits per heavy atom. The Morgan fingerprint density at radius 2 is 2.38 bits per heavy atom. The predicted molar refractivity (Wildman–Crippen MR) is 72.3 cm³/mol. The van der Waals surface area contributed by atoms with E-state index >= 15 is 0 Å². The summed E-state index contributed by atoms with van der Waals surface area (Å²) < 4.78 is 0.948. The lowest BCUT2D eigenvalue weighted by Gasteiger charge is -2.10. The molecule has 0 radical (unpaired) electrons. The number of hydrogen-bond donors (Lipinski definition) is 2. The Morgan fingerprint density at radius 3 is 2.88 bits per heavy atom. The first-order chi connectivity index (χ1) is 7.16. The van der Waals surface area contributed by atoms with Crippen LogP contribution in [-0.4, -0.2) is 18.5 Å². The van der Waals surface area contributed by atoms with E-state index in [4.69, 9.17) is 5.73 Å². The molecule has 2 rings (SSSR count). The van der Waals surface area contributed by atoms with Gasteiger partial charge in [-0.15, -0.1) is 23.7 Å². The third-order valence-electron chi connectivity index (χ3n) is 2.52. The minimum absolute atomic E-state index is 0. The first-order valence-corrected chi connectivity index (χ1v) is 6.62.